The minimum absolute atomic E-state index is 0.0899. The van der Waals surface area contributed by atoms with Gasteiger partial charge in [-0.25, -0.2) is 0 Å². The number of hydrogen-bond acceptors (Lipinski definition) is 5. The summed E-state index contributed by atoms with van der Waals surface area (Å²) < 4.78 is 0. The number of benzene rings is 2. The molecule has 0 bridgehead atoms. The maximum atomic E-state index is 5.96. The van der Waals surface area contributed by atoms with E-state index in [4.69, 9.17) is 11.5 Å². The van der Waals surface area contributed by atoms with E-state index < -0.39 is 0 Å². The first-order valence-corrected chi connectivity index (χ1v) is 6.70. The summed E-state index contributed by atoms with van der Waals surface area (Å²) >= 11 is 0. The molecule has 4 rings (SSSR count). The molecule has 0 amide bonds. The van der Waals surface area contributed by atoms with Crippen LogP contribution in [0.15, 0.2) is 42.5 Å². The smallest absolute Gasteiger partial charge is 0.242 e. The summed E-state index contributed by atoms with van der Waals surface area (Å²) in [5.74, 6) is 0.402. The molecule has 4 N–H and O–H groups in total. The van der Waals surface area contributed by atoms with Crippen LogP contribution < -0.4 is 11.5 Å². The minimum Gasteiger partial charge on any atom is -0.382 e. The maximum Gasteiger partial charge on any atom is 0.242 e. The Hall–Kier alpha value is -2.95. The van der Waals surface area contributed by atoms with E-state index in [1.807, 2.05) is 12.1 Å². The molecule has 102 valence electrons. The first-order valence-electron chi connectivity index (χ1n) is 6.70. The molecule has 0 saturated carbocycles. The second kappa shape index (κ2) is 4.28. The largest absolute Gasteiger partial charge is 0.382 e. The highest BCUT2D eigenvalue weighted by atomic mass is 15.2. The number of aromatic nitrogens is 3. The lowest BCUT2D eigenvalue weighted by atomic mass is 9.99. The Labute approximate surface area is 121 Å². The predicted molar refractivity (Wildman–Crippen MR) is 82.3 cm³/mol. The van der Waals surface area contributed by atoms with Gasteiger partial charge in [0.15, 0.2) is 5.82 Å². The van der Waals surface area contributed by atoms with Gasteiger partial charge in [-0.05, 0) is 28.7 Å². The Morgan fingerprint density at radius 2 is 1.57 bits per heavy atom. The number of rotatable bonds is 1. The third kappa shape index (κ3) is 1.74. The first-order chi connectivity index (χ1) is 10.2. The number of hydrogen-bond donors (Lipinski definition) is 2. The van der Waals surface area contributed by atoms with Crippen LogP contribution >= 0.6 is 0 Å². The number of nitrogens with two attached hydrogens (primary N) is 2. The Morgan fingerprint density at radius 3 is 2.43 bits per heavy atom. The fraction of sp³-hybridized carbons (Fsp3) is 0.0625. The third-order valence-corrected chi connectivity index (χ3v) is 3.84. The molecule has 1 aliphatic carbocycles. The van der Waals surface area contributed by atoms with Crippen LogP contribution in [0, 0.1) is 0 Å². The van der Waals surface area contributed by atoms with Crippen molar-refractivity contribution in [2.24, 2.45) is 0 Å². The van der Waals surface area contributed by atoms with Gasteiger partial charge < -0.3 is 11.5 Å². The normalized spacial score (nSPS) is 12.0. The van der Waals surface area contributed by atoms with Gasteiger partial charge in [-0.2, -0.15) is 4.98 Å². The van der Waals surface area contributed by atoms with Crippen molar-refractivity contribution < 1.29 is 0 Å². The highest BCUT2D eigenvalue weighted by Gasteiger charge is 2.22. The van der Waals surface area contributed by atoms with Gasteiger partial charge in [0.05, 0.1) is 0 Å². The van der Waals surface area contributed by atoms with Gasteiger partial charge in [-0.1, -0.05) is 42.5 Å². The van der Waals surface area contributed by atoms with Gasteiger partial charge in [0.2, 0.25) is 5.95 Å². The molecule has 0 unspecified atom stereocenters. The average molecular weight is 275 g/mol. The molecule has 5 nitrogen and oxygen atoms in total. The van der Waals surface area contributed by atoms with Gasteiger partial charge in [0, 0.05) is 5.56 Å². The summed E-state index contributed by atoms with van der Waals surface area (Å²) in [7, 11) is 0. The molecular weight excluding hydrogens is 262 g/mol. The van der Waals surface area contributed by atoms with E-state index in [0.717, 1.165) is 12.0 Å². The molecule has 1 aliphatic rings. The van der Waals surface area contributed by atoms with E-state index in [1.54, 1.807) is 0 Å². The number of anilines is 2. The van der Waals surface area contributed by atoms with Crippen LogP contribution in [-0.2, 0) is 6.42 Å². The minimum atomic E-state index is 0.0899. The van der Waals surface area contributed by atoms with Crippen LogP contribution in [-0.4, -0.2) is 15.2 Å². The average Bonchev–Trinajstić information content (AvgIpc) is 2.86. The van der Waals surface area contributed by atoms with E-state index in [2.05, 4.69) is 45.5 Å². The summed E-state index contributed by atoms with van der Waals surface area (Å²) in [6.07, 6.45) is 0.868. The van der Waals surface area contributed by atoms with E-state index in [0.29, 0.717) is 11.5 Å². The molecule has 1 aromatic heterocycles. The first kappa shape index (κ1) is 11.8. The Morgan fingerprint density at radius 1 is 0.810 bits per heavy atom. The van der Waals surface area contributed by atoms with Gasteiger partial charge >= 0.3 is 0 Å². The van der Waals surface area contributed by atoms with Crippen molar-refractivity contribution in [2.75, 3.05) is 11.5 Å². The molecule has 0 fully saturated rings. The van der Waals surface area contributed by atoms with Gasteiger partial charge in [-0.3, -0.25) is 0 Å². The second-order valence-corrected chi connectivity index (χ2v) is 5.07. The molecule has 1 heterocycles. The van der Waals surface area contributed by atoms with Gasteiger partial charge in [0.1, 0.15) is 5.69 Å². The molecule has 3 aromatic rings. The van der Waals surface area contributed by atoms with Crippen LogP contribution in [0.3, 0.4) is 0 Å². The highest BCUT2D eigenvalue weighted by Crippen LogP contribution is 2.41. The van der Waals surface area contributed by atoms with Gasteiger partial charge in [-0.15, -0.1) is 10.2 Å². The van der Waals surface area contributed by atoms with Crippen molar-refractivity contribution >= 4 is 11.8 Å². The molecular formula is C16H13N5. The Balaban J connectivity index is 1.94. The van der Waals surface area contributed by atoms with Crippen LogP contribution in [0.2, 0.25) is 0 Å². The van der Waals surface area contributed by atoms with Crippen molar-refractivity contribution in [2.45, 2.75) is 6.42 Å². The molecule has 2 aromatic carbocycles. The molecule has 0 spiro atoms. The van der Waals surface area contributed by atoms with Crippen molar-refractivity contribution in [3.05, 3.63) is 53.6 Å². The number of nitrogens with zero attached hydrogens (tertiary/aromatic N) is 3. The monoisotopic (exact) mass is 275 g/mol. The summed E-state index contributed by atoms with van der Waals surface area (Å²) in [5, 5.41) is 7.95. The van der Waals surface area contributed by atoms with E-state index in [1.165, 1.54) is 22.3 Å². The summed E-state index contributed by atoms with van der Waals surface area (Å²) in [4.78, 5) is 4.01. The second-order valence-electron chi connectivity index (χ2n) is 5.07. The van der Waals surface area contributed by atoms with Crippen LogP contribution in [0.4, 0.5) is 11.8 Å². The van der Waals surface area contributed by atoms with Crippen LogP contribution in [0.25, 0.3) is 22.4 Å². The summed E-state index contributed by atoms with van der Waals surface area (Å²) in [6, 6.07) is 14.5. The standard InChI is InChI=1S/C16H13N5/c17-15-14(20-21-16(18)19-15)12-7-3-6-11-10-5-2-1-4-9(10)8-13(11)12/h1-7H,8H2,(H4,17,18,19,21). The SMILES string of the molecule is Nc1nnc(-c2cccc3c2Cc2ccccc2-3)c(N)n1. The lowest BCUT2D eigenvalue weighted by Crippen LogP contribution is -2.05. The highest BCUT2D eigenvalue weighted by molar-refractivity contribution is 5.85. The van der Waals surface area contributed by atoms with E-state index >= 15 is 0 Å². The van der Waals surface area contributed by atoms with E-state index in [9.17, 15) is 0 Å². The number of fused-ring (bicyclic) bond motifs is 3. The van der Waals surface area contributed by atoms with Crippen molar-refractivity contribution in [1.29, 1.82) is 0 Å². The number of nitrogen functional groups attached to an aromatic ring is 2. The Bertz CT molecular complexity index is 857. The maximum absolute atomic E-state index is 5.96. The lowest BCUT2D eigenvalue weighted by molar-refractivity contribution is 0.997. The lowest BCUT2D eigenvalue weighted by Gasteiger charge is -2.09. The van der Waals surface area contributed by atoms with Crippen LogP contribution in [0.5, 0.6) is 0 Å². The zero-order chi connectivity index (χ0) is 14.4. The van der Waals surface area contributed by atoms with Gasteiger partial charge in [0.25, 0.3) is 0 Å². The fourth-order valence-electron chi connectivity index (χ4n) is 2.92. The molecule has 5 heteroatoms. The van der Waals surface area contributed by atoms with Crippen LogP contribution in [0.1, 0.15) is 11.1 Å². The third-order valence-electron chi connectivity index (χ3n) is 3.84. The molecule has 0 radical (unpaired) electrons. The quantitative estimate of drug-likeness (QED) is 0.556. The molecule has 0 atom stereocenters. The van der Waals surface area contributed by atoms with Crippen molar-refractivity contribution in [3.8, 4) is 22.4 Å². The van der Waals surface area contributed by atoms with Crippen molar-refractivity contribution in [1.82, 2.24) is 15.2 Å². The molecule has 0 saturated heterocycles. The topological polar surface area (TPSA) is 90.7 Å². The fourth-order valence-corrected chi connectivity index (χ4v) is 2.92. The molecule has 21 heavy (non-hydrogen) atoms. The predicted octanol–water partition coefficient (Wildman–Crippen LogP) is 2.27. The zero-order valence-electron chi connectivity index (χ0n) is 11.2. The van der Waals surface area contributed by atoms with E-state index in [-0.39, 0.29) is 5.95 Å². The zero-order valence-corrected chi connectivity index (χ0v) is 11.2. The Kier molecular flexibility index (Phi) is 2.41. The summed E-state index contributed by atoms with van der Waals surface area (Å²) in [6.45, 7) is 0. The molecule has 0 aliphatic heterocycles. The van der Waals surface area contributed by atoms with Crippen molar-refractivity contribution in [3.63, 3.8) is 0 Å². The summed E-state index contributed by atoms with van der Waals surface area (Å²) in [5.41, 5.74) is 18.1.